The molecular formula is C32H31NO4. The summed E-state index contributed by atoms with van der Waals surface area (Å²) >= 11 is 0. The van der Waals surface area contributed by atoms with Crippen LogP contribution in [-0.2, 0) is 6.42 Å². The van der Waals surface area contributed by atoms with E-state index in [1.54, 1.807) is 12.1 Å². The molecule has 37 heavy (non-hydrogen) atoms. The average molecular weight is 494 g/mol. The van der Waals surface area contributed by atoms with Crippen molar-refractivity contribution in [2.45, 2.75) is 26.2 Å². The van der Waals surface area contributed by atoms with Gasteiger partial charge in [-0.15, -0.1) is 0 Å². The Balaban J connectivity index is 1.40. The number of carboxylic acids is 1. The third-order valence-electron chi connectivity index (χ3n) is 6.21. The molecule has 4 aromatic carbocycles. The number of aromatic carboxylic acids is 1. The number of carboxylic acid groups (broad SMARTS) is 1. The smallest absolute Gasteiger partial charge is 0.335 e. The fourth-order valence-electron chi connectivity index (χ4n) is 4.05. The number of benzene rings is 4. The summed E-state index contributed by atoms with van der Waals surface area (Å²) in [5.41, 5.74) is 5.90. The van der Waals surface area contributed by atoms with E-state index in [0.29, 0.717) is 30.9 Å². The number of amides is 1. The van der Waals surface area contributed by atoms with Crippen molar-refractivity contribution in [3.05, 3.63) is 114 Å². The standard InChI is InChI=1S/C32H31NO4/c1-2-3-21-37-30-18-17-28(24-7-5-4-6-8-24)22-29(30)31(34)33-20-19-23-9-11-25(12-10-23)26-13-15-27(16-14-26)32(35)36/h4-18,22H,2-3,19-21H2,1H3,(H,33,34)(H,35,36). The first-order valence-electron chi connectivity index (χ1n) is 12.6. The van der Waals surface area contributed by atoms with Crippen molar-refractivity contribution in [1.82, 2.24) is 5.32 Å². The van der Waals surface area contributed by atoms with Crippen LogP contribution in [0.25, 0.3) is 22.3 Å². The van der Waals surface area contributed by atoms with Gasteiger partial charge in [0.05, 0.1) is 17.7 Å². The molecule has 0 radical (unpaired) electrons. The van der Waals surface area contributed by atoms with Crippen molar-refractivity contribution in [2.24, 2.45) is 0 Å². The summed E-state index contributed by atoms with van der Waals surface area (Å²) in [6.07, 6.45) is 2.64. The highest BCUT2D eigenvalue weighted by molar-refractivity contribution is 5.98. The summed E-state index contributed by atoms with van der Waals surface area (Å²) in [4.78, 5) is 24.2. The zero-order chi connectivity index (χ0) is 26.0. The maximum absolute atomic E-state index is 13.2. The van der Waals surface area contributed by atoms with Crippen molar-refractivity contribution in [3.63, 3.8) is 0 Å². The van der Waals surface area contributed by atoms with Crippen LogP contribution in [0.15, 0.2) is 97.1 Å². The number of hydrogen-bond donors (Lipinski definition) is 2. The van der Waals surface area contributed by atoms with Crippen LogP contribution in [0.1, 0.15) is 46.0 Å². The van der Waals surface area contributed by atoms with Gasteiger partial charge < -0.3 is 15.2 Å². The highest BCUT2D eigenvalue weighted by Crippen LogP contribution is 2.27. The Morgan fingerprint density at radius 1 is 0.784 bits per heavy atom. The van der Waals surface area contributed by atoms with Crippen LogP contribution in [0.5, 0.6) is 5.75 Å². The van der Waals surface area contributed by atoms with Gasteiger partial charge in [0, 0.05) is 6.54 Å². The van der Waals surface area contributed by atoms with E-state index in [0.717, 1.165) is 40.7 Å². The molecule has 0 atom stereocenters. The third-order valence-corrected chi connectivity index (χ3v) is 6.21. The fraction of sp³-hybridized carbons (Fsp3) is 0.188. The number of hydrogen-bond acceptors (Lipinski definition) is 3. The quantitative estimate of drug-likeness (QED) is 0.224. The molecule has 0 bridgehead atoms. The number of carbonyl (C=O) groups is 2. The third kappa shape index (κ3) is 6.85. The van der Waals surface area contributed by atoms with Gasteiger partial charge in [0.15, 0.2) is 0 Å². The molecule has 0 saturated carbocycles. The molecule has 0 heterocycles. The Labute approximate surface area is 217 Å². The molecule has 4 aromatic rings. The first-order chi connectivity index (χ1) is 18.0. The van der Waals surface area contributed by atoms with E-state index in [2.05, 4.69) is 12.2 Å². The number of rotatable bonds is 11. The minimum absolute atomic E-state index is 0.153. The molecule has 1 amide bonds. The average Bonchev–Trinajstić information content (AvgIpc) is 2.94. The Kier molecular flexibility index (Phi) is 8.71. The molecule has 188 valence electrons. The number of ether oxygens (including phenoxy) is 1. The molecule has 0 aliphatic rings. The maximum atomic E-state index is 13.2. The first-order valence-corrected chi connectivity index (χ1v) is 12.6. The fourth-order valence-corrected chi connectivity index (χ4v) is 4.05. The topological polar surface area (TPSA) is 75.6 Å². The zero-order valence-electron chi connectivity index (χ0n) is 20.9. The Morgan fingerprint density at radius 2 is 1.41 bits per heavy atom. The van der Waals surface area contributed by atoms with Crippen LogP contribution in [0.4, 0.5) is 0 Å². The van der Waals surface area contributed by atoms with Crippen molar-refractivity contribution in [1.29, 1.82) is 0 Å². The lowest BCUT2D eigenvalue weighted by Crippen LogP contribution is -2.26. The summed E-state index contributed by atoms with van der Waals surface area (Å²) in [5, 5.41) is 12.1. The summed E-state index contributed by atoms with van der Waals surface area (Å²) in [6, 6.07) is 30.7. The van der Waals surface area contributed by atoms with Crippen molar-refractivity contribution in [2.75, 3.05) is 13.2 Å². The van der Waals surface area contributed by atoms with Gasteiger partial charge in [0.2, 0.25) is 0 Å². The molecule has 5 heteroatoms. The summed E-state index contributed by atoms with van der Waals surface area (Å²) in [7, 11) is 0. The van der Waals surface area contributed by atoms with Gasteiger partial charge >= 0.3 is 5.97 Å². The molecule has 4 rings (SSSR count). The van der Waals surface area contributed by atoms with Gasteiger partial charge in [0.1, 0.15) is 5.75 Å². The number of unbranched alkanes of at least 4 members (excludes halogenated alkanes) is 1. The summed E-state index contributed by atoms with van der Waals surface area (Å²) in [6.45, 7) is 3.18. The molecule has 0 spiro atoms. The molecule has 2 N–H and O–H groups in total. The maximum Gasteiger partial charge on any atom is 0.335 e. The molecule has 5 nitrogen and oxygen atoms in total. The molecule has 0 aliphatic carbocycles. The van der Waals surface area contributed by atoms with Crippen LogP contribution in [-0.4, -0.2) is 30.1 Å². The minimum atomic E-state index is -0.935. The van der Waals surface area contributed by atoms with Crippen LogP contribution >= 0.6 is 0 Å². The summed E-state index contributed by atoms with van der Waals surface area (Å²) < 4.78 is 5.94. The minimum Gasteiger partial charge on any atom is -0.493 e. The van der Waals surface area contributed by atoms with E-state index in [4.69, 9.17) is 9.84 Å². The van der Waals surface area contributed by atoms with Crippen LogP contribution in [0, 0.1) is 0 Å². The lowest BCUT2D eigenvalue weighted by molar-refractivity contribution is 0.0696. The lowest BCUT2D eigenvalue weighted by atomic mass is 10.0. The van der Waals surface area contributed by atoms with E-state index in [-0.39, 0.29) is 11.5 Å². The van der Waals surface area contributed by atoms with Crippen molar-refractivity contribution in [3.8, 4) is 28.0 Å². The predicted octanol–water partition coefficient (Wildman–Crippen LogP) is 6.87. The second-order valence-electron chi connectivity index (χ2n) is 8.86. The highest BCUT2D eigenvalue weighted by Gasteiger charge is 2.14. The largest absolute Gasteiger partial charge is 0.493 e. The van der Waals surface area contributed by atoms with Gasteiger partial charge in [0.25, 0.3) is 5.91 Å². The van der Waals surface area contributed by atoms with Gasteiger partial charge in [-0.05, 0) is 64.9 Å². The van der Waals surface area contributed by atoms with Gasteiger partial charge in [-0.25, -0.2) is 4.79 Å². The SMILES string of the molecule is CCCCOc1ccc(-c2ccccc2)cc1C(=O)NCCc1ccc(-c2ccc(C(=O)O)cc2)cc1. The van der Waals surface area contributed by atoms with Gasteiger partial charge in [-0.3, -0.25) is 4.79 Å². The van der Waals surface area contributed by atoms with Crippen molar-refractivity contribution >= 4 is 11.9 Å². The number of nitrogens with one attached hydrogen (secondary N) is 1. The molecular weight excluding hydrogens is 462 g/mol. The van der Waals surface area contributed by atoms with Crippen LogP contribution in [0.2, 0.25) is 0 Å². The van der Waals surface area contributed by atoms with E-state index >= 15 is 0 Å². The van der Waals surface area contributed by atoms with Gasteiger partial charge in [-0.2, -0.15) is 0 Å². The second kappa shape index (κ2) is 12.5. The van der Waals surface area contributed by atoms with E-state index in [1.807, 2.05) is 84.9 Å². The van der Waals surface area contributed by atoms with Gasteiger partial charge in [-0.1, -0.05) is 86.1 Å². The van der Waals surface area contributed by atoms with E-state index in [1.165, 1.54) is 0 Å². The van der Waals surface area contributed by atoms with E-state index < -0.39 is 5.97 Å². The zero-order valence-corrected chi connectivity index (χ0v) is 20.9. The molecule has 0 unspecified atom stereocenters. The number of carbonyl (C=O) groups excluding carboxylic acids is 1. The summed E-state index contributed by atoms with van der Waals surface area (Å²) in [5.74, 6) is -0.487. The molecule has 0 aromatic heterocycles. The predicted molar refractivity (Wildman–Crippen MR) is 147 cm³/mol. The normalized spacial score (nSPS) is 10.6. The monoisotopic (exact) mass is 493 g/mol. The van der Waals surface area contributed by atoms with E-state index in [9.17, 15) is 9.59 Å². The van der Waals surface area contributed by atoms with Crippen LogP contribution < -0.4 is 10.1 Å². The first kappa shape index (κ1) is 25.7. The molecule has 0 fully saturated rings. The lowest BCUT2D eigenvalue weighted by Gasteiger charge is -2.14. The molecule has 0 saturated heterocycles. The molecule has 0 aliphatic heterocycles. The highest BCUT2D eigenvalue weighted by atomic mass is 16.5. The van der Waals surface area contributed by atoms with Crippen molar-refractivity contribution < 1.29 is 19.4 Å². The second-order valence-corrected chi connectivity index (χ2v) is 8.86. The Morgan fingerprint density at radius 3 is 2.05 bits per heavy atom. The Bertz CT molecular complexity index is 1330. The van der Waals surface area contributed by atoms with Crippen LogP contribution in [0.3, 0.4) is 0 Å². The Hall–Kier alpha value is -4.38.